The minimum Gasteiger partial charge on any atom is -0.451 e. The number of nitrogens with zero attached hydrogens (tertiary/aromatic N) is 1. The molecule has 3 aromatic rings. The van der Waals surface area contributed by atoms with Gasteiger partial charge in [0.2, 0.25) is 5.91 Å². The summed E-state index contributed by atoms with van der Waals surface area (Å²) in [5.74, 6) is -0.322. The van der Waals surface area contributed by atoms with Crippen molar-refractivity contribution in [1.82, 2.24) is 4.90 Å². The Morgan fingerprint density at radius 1 is 1.13 bits per heavy atom. The predicted molar refractivity (Wildman–Crippen MR) is 116 cm³/mol. The minimum absolute atomic E-state index is 0.0631. The fraction of sp³-hybridized carbons (Fsp3) is 0.333. The van der Waals surface area contributed by atoms with Crippen LogP contribution in [0.1, 0.15) is 34.5 Å². The van der Waals surface area contributed by atoms with Crippen LogP contribution in [0.25, 0.3) is 11.0 Å². The summed E-state index contributed by atoms with van der Waals surface area (Å²) in [5.41, 5.74) is 3.52. The highest BCUT2D eigenvalue weighted by Gasteiger charge is 2.27. The second kappa shape index (κ2) is 8.71. The summed E-state index contributed by atoms with van der Waals surface area (Å²) in [6.07, 6.45) is 1.78. The molecule has 2 heterocycles. The number of para-hydroxylation sites is 1. The maximum atomic E-state index is 13.2. The standard InChI is InChI=1S/C24H26N2O4/c1-16-7-5-10-20(17(16)2)25-23(27)15-26(14-19-9-6-12-29-19)24(28)22-13-18-8-3-4-11-21(18)30-22/h3-5,7-8,10-11,13,19H,6,9,12,14-15H2,1-2H3,(H,25,27)/t19-/m1/s1. The Morgan fingerprint density at radius 3 is 2.73 bits per heavy atom. The molecule has 2 aromatic carbocycles. The number of furan rings is 1. The molecule has 6 heteroatoms. The molecule has 0 aliphatic carbocycles. The Labute approximate surface area is 175 Å². The summed E-state index contributed by atoms with van der Waals surface area (Å²) < 4.78 is 11.5. The van der Waals surface area contributed by atoms with E-state index in [1.807, 2.05) is 56.3 Å². The van der Waals surface area contributed by atoms with E-state index in [0.717, 1.165) is 35.0 Å². The largest absolute Gasteiger partial charge is 0.451 e. The topological polar surface area (TPSA) is 71.8 Å². The molecule has 1 aliphatic rings. The van der Waals surface area contributed by atoms with E-state index in [2.05, 4.69) is 5.32 Å². The van der Waals surface area contributed by atoms with Crippen LogP contribution in [0.4, 0.5) is 5.69 Å². The molecule has 1 fully saturated rings. The van der Waals surface area contributed by atoms with Gasteiger partial charge >= 0.3 is 0 Å². The van der Waals surface area contributed by atoms with Crippen molar-refractivity contribution < 1.29 is 18.7 Å². The van der Waals surface area contributed by atoms with E-state index >= 15 is 0 Å². The highest BCUT2D eigenvalue weighted by molar-refractivity contribution is 6.00. The van der Waals surface area contributed by atoms with Gasteiger partial charge in [-0.15, -0.1) is 0 Å². The average Bonchev–Trinajstić information content (AvgIpc) is 3.40. The monoisotopic (exact) mass is 406 g/mol. The van der Waals surface area contributed by atoms with E-state index in [4.69, 9.17) is 9.15 Å². The van der Waals surface area contributed by atoms with E-state index < -0.39 is 0 Å². The number of fused-ring (bicyclic) bond motifs is 1. The van der Waals surface area contributed by atoms with Crippen LogP contribution in [0.3, 0.4) is 0 Å². The number of rotatable bonds is 6. The van der Waals surface area contributed by atoms with E-state index in [1.165, 1.54) is 4.90 Å². The van der Waals surface area contributed by atoms with Gasteiger partial charge in [0.05, 0.1) is 6.10 Å². The Balaban J connectivity index is 1.53. The first-order valence-corrected chi connectivity index (χ1v) is 10.3. The zero-order chi connectivity index (χ0) is 21.1. The first-order valence-electron chi connectivity index (χ1n) is 10.3. The lowest BCUT2D eigenvalue weighted by molar-refractivity contribution is -0.117. The summed E-state index contributed by atoms with van der Waals surface area (Å²) >= 11 is 0. The fourth-order valence-electron chi connectivity index (χ4n) is 3.75. The number of aryl methyl sites for hydroxylation is 1. The first kappa shape index (κ1) is 20.2. The van der Waals surface area contributed by atoms with Gasteiger partial charge in [0, 0.05) is 24.2 Å². The first-order chi connectivity index (χ1) is 14.5. The van der Waals surface area contributed by atoms with Crippen molar-refractivity contribution in [3.05, 3.63) is 65.4 Å². The maximum Gasteiger partial charge on any atom is 0.290 e. The van der Waals surface area contributed by atoms with Crippen molar-refractivity contribution in [2.45, 2.75) is 32.8 Å². The second-order valence-corrected chi connectivity index (χ2v) is 7.76. The highest BCUT2D eigenvalue weighted by Crippen LogP contribution is 2.22. The Morgan fingerprint density at radius 2 is 1.97 bits per heavy atom. The van der Waals surface area contributed by atoms with Gasteiger partial charge in [-0.3, -0.25) is 9.59 Å². The molecule has 0 saturated carbocycles. The summed E-state index contributed by atoms with van der Waals surface area (Å²) in [7, 11) is 0. The molecule has 1 atom stereocenters. The summed E-state index contributed by atoms with van der Waals surface area (Å²) in [4.78, 5) is 27.5. The Kier molecular flexibility index (Phi) is 5.86. The third kappa shape index (κ3) is 4.39. The number of carbonyl (C=O) groups excluding carboxylic acids is 2. The average molecular weight is 406 g/mol. The molecule has 1 saturated heterocycles. The number of hydrogen-bond acceptors (Lipinski definition) is 4. The lowest BCUT2D eigenvalue weighted by Gasteiger charge is -2.24. The van der Waals surface area contributed by atoms with Crippen LogP contribution < -0.4 is 5.32 Å². The summed E-state index contributed by atoms with van der Waals surface area (Å²) in [6.45, 7) is 4.94. The van der Waals surface area contributed by atoms with Crippen LogP contribution in [0.15, 0.2) is 52.9 Å². The molecule has 0 spiro atoms. The van der Waals surface area contributed by atoms with Gasteiger partial charge in [0.25, 0.3) is 5.91 Å². The zero-order valence-corrected chi connectivity index (χ0v) is 17.3. The van der Waals surface area contributed by atoms with E-state index in [1.54, 1.807) is 6.07 Å². The molecule has 0 unspecified atom stereocenters. The molecular weight excluding hydrogens is 380 g/mol. The highest BCUT2D eigenvalue weighted by atomic mass is 16.5. The van der Waals surface area contributed by atoms with Crippen molar-refractivity contribution in [2.75, 3.05) is 25.0 Å². The maximum absolute atomic E-state index is 13.2. The normalized spacial score (nSPS) is 16.0. The van der Waals surface area contributed by atoms with E-state index in [-0.39, 0.29) is 30.2 Å². The van der Waals surface area contributed by atoms with E-state index in [9.17, 15) is 9.59 Å². The lowest BCUT2D eigenvalue weighted by Crippen LogP contribution is -2.42. The van der Waals surface area contributed by atoms with E-state index in [0.29, 0.717) is 18.7 Å². The Hall–Kier alpha value is -3.12. The molecule has 156 valence electrons. The van der Waals surface area contributed by atoms with Crippen molar-refractivity contribution in [3.63, 3.8) is 0 Å². The molecule has 4 rings (SSSR count). The van der Waals surface area contributed by atoms with Gasteiger partial charge in [0.15, 0.2) is 5.76 Å². The molecular formula is C24H26N2O4. The molecule has 2 amide bonds. The summed E-state index contributed by atoms with van der Waals surface area (Å²) in [6, 6.07) is 15.0. The molecule has 1 N–H and O–H groups in total. The minimum atomic E-state index is -0.308. The molecule has 1 aliphatic heterocycles. The SMILES string of the molecule is Cc1cccc(NC(=O)CN(C[C@H]2CCCO2)C(=O)c2cc3ccccc3o2)c1C. The van der Waals surface area contributed by atoms with Gasteiger partial charge in [-0.2, -0.15) is 0 Å². The molecule has 6 nitrogen and oxygen atoms in total. The number of benzene rings is 2. The van der Waals surface area contributed by atoms with Crippen LogP contribution in [-0.4, -0.2) is 42.5 Å². The zero-order valence-electron chi connectivity index (χ0n) is 17.3. The molecule has 0 bridgehead atoms. The van der Waals surface area contributed by atoms with Crippen LogP contribution in [0.2, 0.25) is 0 Å². The van der Waals surface area contributed by atoms with Crippen molar-refractivity contribution in [3.8, 4) is 0 Å². The number of amides is 2. The number of carbonyl (C=O) groups is 2. The third-order valence-corrected chi connectivity index (χ3v) is 5.58. The Bertz CT molecular complexity index is 1030. The van der Waals surface area contributed by atoms with Gasteiger partial charge < -0.3 is 19.4 Å². The van der Waals surface area contributed by atoms with Crippen LogP contribution in [-0.2, 0) is 9.53 Å². The smallest absolute Gasteiger partial charge is 0.290 e. The number of ether oxygens (including phenoxy) is 1. The van der Waals surface area contributed by atoms with Crippen molar-refractivity contribution >= 4 is 28.5 Å². The summed E-state index contributed by atoms with van der Waals surface area (Å²) in [5, 5.41) is 3.79. The number of anilines is 1. The number of hydrogen-bond donors (Lipinski definition) is 1. The van der Waals surface area contributed by atoms with Crippen LogP contribution >= 0.6 is 0 Å². The van der Waals surface area contributed by atoms with Gasteiger partial charge in [-0.25, -0.2) is 0 Å². The molecule has 30 heavy (non-hydrogen) atoms. The van der Waals surface area contributed by atoms with Crippen molar-refractivity contribution in [2.24, 2.45) is 0 Å². The van der Waals surface area contributed by atoms with Crippen LogP contribution in [0, 0.1) is 13.8 Å². The van der Waals surface area contributed by atoms with Gasteiger partial charge in [-0.05, 0) is 56.0 Å². The molecule has 1 aromatic heterocycles. The van der Waals surface area contributed by atoms with Crippen LogP contribution in [0.5, 0.6) is 0 Å². The third-order valence-electron chi connectivity index (χ3n) is 5.58. The van der Waals surface area contributed by atoms with Crippen molar-refractivity contribution in [1.29, 1.82) is 0 Å². The lowest BCUT2D eigenvalue weighted by atomic mass is 10.1. The van der Waals surface area contributed by atoms with Gasteiger partial charge in [-0.1, -0.05) is 30.3 Å². The predicted octanol–water partition coefficient (Wildman–Crippen LogP) is 4.31. The molecule has 0 radical (unpaired) electrons. The second-order valence-electron chi connectivity index (χ2n) is 7.76. The van der Waals surface area contributed by atoms with Gasteiger partial charge in [0.1, 0.15) is 12.1 Å². The quantitative estimate of drug-likeness (QED) is 0.662. The number of nitrogens with one attached hydrogen (secondary N) is 1. The fourth-order valence-corrected chi connectivity index (χ4v) is 3.75.